The molecule has 3 amide bonds. The maximum absolute atomic E-state index is 14.0. The first-order chi connectivity index (χ1) is 16.1. The van der Waals surface area contributed by atoms with Gasteiger partial charge < -0.3 is 15.3 Å². The number of amides is 3. The van der Waals surface area contributed by atoms with Crippen molar-refractivity contribution in [3.63, 3.8) is 0 Å². The summed E-state index contributed by atoms with van der Waals surface area (Å²) in [5.74, 6) is 0.00250. The van der Waals surface area contributed by atoms with Gasteiger partial charge in [-0.25, -0.2) is 19.0 Å². The molecule has 2 atom stereocenters. The number of rotatable bonds is 3. The van der Waals surface area contributed by atoms with Crippen LogP contribution in [0.3, 0.4) is 0 Å². The molecule has 178 valence electrons. The van der Waals surface area contributed by atoms with Gasteiger partial charge in [0.05, 0.1) is 5.69 Å². The lowest BCUT2D eigenvalue weighted by atomic mass is 9.76. The quantitative estimate of drug-likeness (QED) is 0.461. The fourth-order valence-electron chi connectivity index (χ4n) is 4.55. The van der Waals surface area contributed by atoms with Gasteiger partial charge in [-0.05, 0) is 42.5 Å². The van der Waals surface area contributed by atoms with Crippen molar-refractivity contribution in [3.05, 3.63) is 60.2 Å². The second kappa shape index (κ2) is 9.24. The first-order valence-corrected chi connectivity index (χ1v) is 11.2. The third-order valence-corrected chi connectivity index (χ3v) is 6.25. The highest BCUT2D eigenvalue weighted by molar-refractivity contribution is 6.05. The Bertz CT molecular complexity index is 1230. The number of fused-ring (bicyclic) bond motifs is 1. The van der Waals surface area contributed by atoms with Crippen LogP contribution in [0.15, 0.2) is 48.7 Å². The van der Waals surface area contributed by atoms with E-state index in [-0.39, 0.29) is 22.9 Å². The van der Waals surface area contributed by atoms with Gasteiger partial charge in [-0.1, -0.05) is 39.0 Å². The summed E-state index contributed by atoms with van der Waals surface area (Å²) in [5.41, 5.74) is 1.22. The largest absolute Gasteiger partial charge is 0.465 e. The van der Waals surface area contributed by atoms with Gasteiger partial charge in [0.15, 0.2) is 0 Å². The molecule has 0 aliphatic carbocycles. The van der Waals surface area contributed by atoms with Gasteiger partial charge in [0, 0.05) is 35.8 Å². The molecular weight excluding hydrogens is 437 g/mol. The molecule has 0 bridgehead atoms. The molecule has 0 radical (unpaired) electrons. The highest BCUT2D eigenvalue weighted by Gasteiger charge is 2.39. The third kappa shape index (κ3) is 4.93. The normalized spacial score (nSPS) is 18.5. The number of anilines is 2. The summed E-state index contributed by atoms with van der Waals surface area (Å²) in [5, 5.41) is 15.6. The lowest BCUT2D eigenvalue weighted by molar-refractivity contribution is 0.0521. The third-order valence-electron chi connectivity index (χ3n) is 6.25. The average Bonchev–Trinajstić information content (AvgIpc) is 2.79. The molecule has 2 aromatic heterocycles. The zero-order chi connectivity index (χ0) is 24.5. The Morgan fingerprint density at radius 3 is 2.62 bits per heavy atom. The fourth-order valence-corrected chi connectivity index (χ4v) is 4.55. The van der Waals surface area contributed by atoms with E-state index < -0.39 is 17.9 Å². The van der Waals surface area contributed by atoms with E-state index in [0.29, 0.717) is 36.3 Å². The van der Waals surface area contributed by atoms with Crippen molar-refractivity contribution in [3.8, 4) is 0 Å². The molecule has 4 rings (SSSR count). The molecular formula is C25H28FN5O3. The van der Waals surface area contributed by atoms with Crippen molar-refractivity contribution < 1.29 is 19.1 Å². The number of hydrogen-bond acceptors (Lipinski definition) is 4. The summed E-state index contributed by atoms with van der Waals surface area (Å²) in [6.45, 7) is 6.56. The van der Waals surface area contributed by atoms with E-state index in [1.807, 2.05) is 32.9 Å². The number of carbonyl (C=O) groups excluding carboxylic acids is 1. The maximum atomic E-state index is 14.0. The predicted molar refractivity (Wildman–Crippen MR) is 129 cm³/mol. The van der Waals surface area contributed by atoms with Crippen LogP contribution in [0.4, 0.5) is 25.5 Å². The van der Waals surface area contributed by atoms with Crippen molar-refractivity contribution in [2.75, 3.05) is 17.2 Å². The molecule has 0 saturated carbocycles. The first kappa shape index (κ1) is 23.4. The van der Waals surface area contributed by atoms with Gasteiger partial charge in [0.1, 0.15) is 17.2 Å². The molecule has 0 spiro atoms. The van der Waals surface area contributed by atoms with Gasteiger partial charge in [-0.2, -0.15) is 0 Å². The smallest absolute Gasteiger partial charge is 0.407 e. The zero-order valence-electron chi connectivity index (χ0n) is 19.4. The molecule has 1 aliphatic heterocycles. The first-order valence-electron chi connectivity index (χ1n) is 11.2. The van der Waals surface area contributed by atoms with Crippen LogP contribution in [-0.2, 0) is 0 Å². The number of para-hydroxylation sites is 1. The SMILES string of the molecule is CC(C)(C)C1CC(c2cccc(NC(=O)Nc3ccnc4c(F)cccc34)n2)CCN1C(=O)O. The van der Waals surface area contributed by atoms with E-state index in [2.05, 4.69) is 20.6 Å². The number of nitrogens with one attached hydrogen (secondary N) is 2. The minimum absolute atomic E-state index is 0.0803. The molecule has 34 heavy (non-hydrogen) atoms. The molecule has 3 heterocycles. The van der Waals surface area contributed by atoms with Crippen LogP contribution < -0.4 is 10.6 Å². The lowest BCUT2D eigenvalue weighted by Crippen LogP contribution is -2.51. The van der Waals surface area contributed by atoms with E-state index >= 15 is 0 Å². The van der Waals surface area contributed by atoms with Gasteiger partial charge in [0.2, 0.25) is 0 Å². The summed E-state index contributed by atoms with van der Waals surface area (Å²) in [7, 11) is 0. The summed E-state index contributed by atoms with van der Waals surface area (Å²) in [6, 6.07) is 11.0. The van der Waals surface area contributed by atoms with Crippen LogP contribution in [0, 0.1) is 11.2 Å². The van der Waals surface area contributed by atoms with E-state index in [0.717, 1.165) is 5.69 Å². The Morgan fingerprint density at radius 2 is 1.88 bits per heavy atom. The number of pyridine rings is 2. The number of carboxylic acid groups (broad SMARTS) is 1. The average molecular weight is 466 g/mol. The summed E-state index contributed by atoms with van der Waals surface area (Å²) in [4.78, 5) is 34.6. The number of aromatic nitrogens is 2. The lowest BCUT2D eigenvalue weighted by Gasteiger charge is -2.44. The highest BCUT2D eigenvalue weighted by Crippen LogP contribution is 2.38. The van der Waals surface area contributed by atoms with Crippen LogP contribution in [0.2, 0.25) is 0 Å². The Balaban J connectivity index is 1.49. The molecule has 8 nitrogen and oxygen atoms in total. The minimum Gasteiger partial charge on any atom is -0.465 e. The van der Waals surface area contributed by atoms with Crippen molar-refractivity contribution in [1.29, 1.82) is 0 Å². The number of likely N-dealkylation sites (tertiary alicyclic amines) is 1. The number of carbonyl (C=O) groups is 2. The van der Waals surface area contributed by atoms with Crippen LogP contribution in [0.5, 0.6) is 0 Å². The molecule has 1 saturated heterocycles. The van der Waals surface area contributed by atoms with Crippen molar-refractivity contribution in [2.45, 2.75) is 45.6 Å². The molecule has 3 N–H and O–H groups in total. The minimum atomic E-state index is -0.901. The Morgan fingerprint density at radius 1 is 1.12 bits per heavy atom. The second-order valence-electron chi connectivity index (χ2n) is 9.60. The van der Waals surface area contributed by atoms with Crippen molar-refractivity contribution in [2.24, 2.45) is 5.41 Å². The van der Waals surface area contributed by atoms with E-state index in [4.69, 9.17) is 0 Å². The van der Waals surface area contributed by atoms with Crippen LogP contribution >= 0.6 is 0 Å². The predicted octanol–water partition coefficient (Wildman–Crippen LogP) is 5.69. The summed E-state index contributed by atoms with van der Waals surface area (Å²) < 4.78 is 14.0. The van der Waals surface area contributed by atoms with Crippen molar-refractivity contribution >= 4 is 34.5 Å². The number of benzene rings is 1. The van der Waals surface area contributed by atoms with Gasteiger partial charge >= 0.3 is 12.1 Å². The summed E-state index contributed by atoms with van der Waals surface area (Å²) >= 11 is 0. The second-order valence-corrected chi connectivity index (χ2v) is 9.60. The molecule has 2 unspecified atom stereocenters. The monoisotopic (exact) mass is 465 g/mol. The number of urea groups is 1. The van der Waals surface area contributed by atoms with Crippen LogP contribution in [-0.4, -0.2) is 44.7 Å². The number of halogens is 1. The standard InChI is InChI=1S/C25H28FN5O3/c1-25(2,3)20-14-15(11-13-31(20)24(33)34)18-8-5-9-21(28-18)30-23(32)29-19-10-12-27-22-16(19)6-4-7-17(22)26/h4-10,12,15,20H,11,13-14H2,1-3H3,(H,33,34)(H2,27,28,29,30,32). The zero-order valence-corrected chi connectivity index (χ0v) is 19.4. The fraction of sp³-hybridized carbons (Fsp3) is 0.360. The molecule has 1 aliphatic rings. The van der Waals surface area contributed by atoms with Gasteiger partial charge in [-0.15, -0.1) is 0 Å². The molecule has 3 aromatic rings. The maximum Gasteiger partial charge on any atom is 0.407 e. The Kier molecular flexibility index (Phi) is 6.37. The number of nitrogens with zero attached hydrogens (tertiary/aromatic N) is 3. The Hall–Kier alpha value is -3.75. The van der Waals surface area contributed by atoms with Gasteiger partial charge in [0.25, 0.3) is 0 Å². The van der Waals surface area contributed by atoms with Crippen molar-refractivity contribution in [1.82, 2.24) is 14.9 Å². The van der Waals surface area contributed by atoms with Gasteiger partial charge in [-0.3, -0.25) is 10.3 Å². The van der Waals surface area contributed by atoms with E-state index in [9.17, 15) is 19.1 Å². The van der Waals surface area contributed by atoms with Crippen LogP contribution in [0.1, 0.15) is 45.2 Å². The molecule has 1 fully saturated rings. The number of hydrogen-bond donors (Lipinski definition) is 3. The Labute approximate surface area is 197 Å². The summed E-state index contributed by atoms with van der Waals surface area (Å²) in [6.07, 6.45) is 1.86. The van der Waals surface area contributed by atoms with E-state index in [1.54, 1.807) is 24.3 Å². The molecule has 1 aromatic carbocycles. The highest BCUT2D eigenvalue weighted by atomic mass is 19.1. The topological polar surface area (TPSA) is 107 Å². The van der Waals surface area contributed by atoms with E-state index in [1.165, 1.54) is 17.2 Å². The molecule has 9 heteroatoms. The van der Waals surface area contributed by atoms with Crippen LogP contribution in [0.25, 0.3) is 10.9 Å². The number of piperidine rings is 1.